The van der Waals surface area contributed by atoms with Crippen molar-refractivity contribution >= 4 is 0 Å². The molecular formula is C33H43FO7. The lowest BCUT2D eigenvalue weighted by molar-refractivity contribution is -0.0395. The molecule has 0 fully saturated rings. The van der Waals surface area contributed by atoms with Gasteiger partial charge < -0.3 is 33.2 Å². The van der Waals surface area contributed by atoms with Crippen molar-refractivity contribution < 1.29 is 37.5 Å². The smallest absolute Gasteiger partial charge is 0.143 e. The summed E-state index contributed by atoms with van der Waals surface area (Å²) in [4.78, 5) is 0. The number of ether oxygens (including phenoxy) is 7. The molecule has 0 aliphatic carbocycles. The molecule has 0 aliphatic heterocycles. The molecule has 0 atom stereocenters. The van der Waals surface area contributed by atoms with Gasteiger partial charge in [0, 0.05) is 0 Å². The SMILES string of the molecule is FCCOCCOCCOCCOCCOCCOCCOC(c1ccccc1)(c1ccccc1)c1ccccc1. The summed E-state index contributed by atoms with van der Waals surface area (Å²) in [6.45, 7) is 5.18. The van der Waals surface area contributed by atoms with Crippen molar-refractivity contribution in [2.75, 3.05) is 92.6 Å². The summed E-state index contributed by atoms with van der Waals surface area (Å²) in [5.74, 6) is 0. The average Bonchev–Trinajstić information content (AvgIpc) is 3.03. The van der Waals surface area contributed by atoms with Crippen LogP contribution in [0.5, 0.6) is 0 Å². The highest BCUT2D eigenvalue weighted by Gasteiger charge is 2.37. The molecule has 0 saturated carbocycles. The van der Waals surface area contributed by atoms with Crippen molar-refractivity contribution in [3.8, 4) is 0 Å². The van der Waals surface area contributed by atoms with Gasteiger partial charge in [0.1, 0.15) is 12.3 Å². The van der Waals surface area contributed by atoms with Gasteiger partial charge >= 0.3 is 0 Å². The molecule has 0 heterocycles. The first-order valence-corrected chi connectivity index (χ1v) is 14.2. The van der Waals surface area contributed by atoms with Crippen molar-refractivity contribution in [3.05, 3.63) is 108 Å². The molecule has 0 unspecified atom stereocenters. The van der Waals surface area contributed by atoms with Crippen LogP contribution in [0.25, 0.3) is 0 Å². The predicted molar refractivity (Wildman–Crippen MR) is 156 cm³/mol. The zero-order chi connectivity index (χ0) is 28.7. The number of alkyl halides is 1. The molecule has 0 radical (unpaired) electrons. The van der Waals surface area contributed by atoms with Gasteiger partial charge in [-0.3, -0.25) is 0 Å². The van der Waals surface area contributed by atoms with Crippen molar-refractivity contribution in [1.29, 1.82) is 0 Å². The van der Waals surface area contributed by atoms with Gasteiger partial charge in [-0.2, -0.15) is 0 Å². The van der Waals surface area contributed by atoms with Crippen LogP contribution in [0.3, 0.4) is 0 Å². The molecule has 0 aliphatic rings. The Labute approximate surface area is 243 Å². The van der Waals surface area contributed by atoms with E-state index in [2.05, 4.69) is 36.4 Å². The maximum absolute atomic E-state index is 11.9. The van der Waals surface area contributed by atoms with Gasteiger partial charge in [0.2, 0.25) is 0 Å². The van der Waals surface area contributed by atoms with Gasteiger partial charge in [-0.15, -0.1) is 0 Å². The third-order valence-electron chi connectivity index (χ3n) is 6.17. The van der Waals surface area contributed by atoms with Crippen LogP contribution in [-0.2, 0) is 38.8 Å². The molecule has 3 rings (SSSR count). The molecule has 0 spiro atoms. The maximum Gasteiger partial charge on any atom is 0.143 e. The van der Waals surface area contributed by atoms with Gasteiger partial charge in [0.05, 0.1) is 85.9 Å². The Balaban J connectivity index is 1.29. The number of rotatable bonds is 24. The molecule has 0 saturated heterocycles. The number of halogens is 1. The lowest BCUT2D eigenvalue weighted by Crippen LogP contribution is -2.34. The molecule has 3 aromatic carbocycles. The first kappa shape index (κ1) is 32.8. The zero-order valence-electron chi connectivity index (χ0n) is 23.8. The standard InChI is InChI=1S/C33H43FO7/c34-16-17-35-18-19-36-20-21-37-22-23-38-24-25-39-26-27-40-28-29-41-33(30-10-4-1-5-11-30,31-12-6-2-7-13-31)32-14-8-3-9-15-32/h1-15H,16-29H2. The lowest BCUT2D eigenvalue weighted by atomic mass is 9.80. The Hall–Kier alpha value is -2.69. The minimum absolute atomic E-state index is 0.114. The monoisotopic (exact) mass is 570 g/mol. The van der Waals surface area contributed by atoms with Crippen LogP contribution in [0, 0.1) is 0 Å². The Morgan fingerprint density at radius 3 is 0.927 bits per heavy atom. The molecule has 3 aromatic rings. The van der Waals surface area contributed by atoms with E-state index < -0.39 is 12.3 Å². The Kier molecular flexibility index (Phi) is 16.9. The summed E-state index contributed by atoms with van der Waals surface area (Å²) in [5, 5.41) is 0. The molecule has 41 heavy (non-hydrogen) atoms. The van der Waals surface area contributed by atoms with Crippen molar-refractivity contribution in [1.82, 2.24) is 0 Å². The number of benzene rings is 3. The van der Waals surface area contributed by atoms with E-state index in [1.54, 1.807) is 0 Å². The number of hydrogen-bond acceptors (Lipinski definition) is 7. The summed E-state index contributed by atoms with van der Waals surface area (Å²) < 4.78 is 51.2. The van der Waals surface area contributed by atoms with Gasteiger partial charge in [-0.25, -0.2) is 4.39 Å². The van der Waals surface area contributed by atoms with Crippen LogP contribution in [0.4, 0.5) is 4.39 Å². The fourth-order valence-electron chi connectivity index (χ4n) is 4.28. The van der Waals surface area contributed by atoms with E-state index in [1.165, 1.54) is 0 Å². The van der Waals surface area contributed by atoms with Gasteiger partial charge in [-0.05, 0) is 16.7 Å². The number of hydrogen-bond donors (Lipinski definition) is 0. The first-order chi connectivity index (χ1) is 20.4. The third kappa shape index (κ3) is 12.0. The van der Waals surface area contributed by atoms with Gasteiger partial charge in [0.25, 0.3) is 0 Å². The highest BCUT2D eigenvalue weighted by Crippen LogP contribution is 2.40. The highest BCUT2D eigenvalue weighted by molar-refractivity contribution is 5.47. The summed E-state index contributed by atoms with van der Waals surface area (Å²) >= 11 is 0. The summed E-state index contributed by atoms with van der Waals surface area (Å²) in [6.07, 6.45) is 0. The molecule has 8 heteroatoms. The van der Waals surface area contributed by atoms with Crippen LogP contribution in [0.15, 0.2) is 91.0 Å². The lowest BCUT2D eigenvalue weighted by Gasteiger charge is -2.36. The van der Waals surface area contributed by atoms with Crippen LogP contribution >= 0.6 is 0 Å². The van der Waals surface area contributed by atoms with E-state index in [4.69, 9.17) is 33.2 Å². The summed E-state index contributed by atoms with van der Waals surface area (Å²) in [6, 6.07) is 30.9. The first-order valence-electron chi connectivity index (χ1n) is 14.2. The van der Waals surface area contributed by atoms with E-state index in [0.717, 1.165) is 16.7 Å². The fourth-order valence-corrected chi connectivity index (χ4v) is 4.28. The minimum Gasteiger partial charge on any atom is -0.377 e. The highest BCUT2D eigenvalue weighted by atomic mass is 19.1. The second kappa shape index (κ2) is 21.1. The Morgan fingerprint density at radius 2 is 0.634 bits per heavy atom. The van der Waals surface area contributed by atoms with E-state index >= 15 is 0 Å². The maximum atomic E-state index is 11.9. The van der Waals surface area contributed by atoms with Gasteiger partial charge in [0.15, 0.2) is 0 Å². The van der Waals surface area contributed by atoms with E-state index in [-0.39, 0.29) is 6.61 Å². The van der Waals surface area contributed by atoms with Crippen molar-refractivity contribution in [2.45, 2.75) is 5.60 Å². The van der Waals surface area contributed by atoms with E-state index in [9.17, 15) is 4.39 Å². The molecule has 0 bridgehead atoms. The predicted octanol–water partition coefficient (Wildman–Crippen LogP) is 5.06. The van der Waals surface area contributed by atoms with Crippen LogP contribution in [0.1, 0.15) is 16.7 Å². The molecule has 0 amide bonds. The quantitative estimate of drug-likeness (QED) is 0.110. The summed E-state index contributed by atoms with van der Waals surface area (Å²) in [5.41, 5.74) is 2.45. The Morgan fingerprint density at radius 1 is 0.366 bits per heavy atom. The van der Waals surface area contributed by atoms with Gasteiger partial charge in [-0.1, -0.05) is 91.0 Å². The Bertz CT molecular complexity index is 911. The average molecular weight is 571 g/mol. The van der Waals surface area contributed by atoms with Crippen LogP contribution in [-0.4, -0.2) is 92.6 Å². The second-order valence-corrected chi connectivity index (χ2v) is 8.99. The second-order valence-electron chi connectivity index (χ2n) is 8.99. The molecular weight excluding hydrogens is 527 g/mol. The third-order valence-corrected chi connectivity index (χ3v) is 6.17. The minimum atomic E-state index is -0.747. The topological polar surface area (TPSA) is 64.6 Å². The molecule has 0 N–H and O–H groups in total. The fraction of sp³-hybridized carbons (Fsp3) is 0.455. The molecule has 0 aromatic heterocycles. The van der Waals surface area contributed by atoms with E-state index in [1.807, 2.05) is 54.6 Å². The molecule has 224 valence electrons. The van der Waals surface area contributed by atoms with E-state index in [0.29, 0.717) is 79.3 Å². The van der Waals surface area contributed by atoms with Crippen molar-refractivity contribution in [2.24, 2.45) is 0 Å². The molecule has 7 nitrogen and oxygen atoms in total. The van der Waals surface area contributed by atoms with Crippen LogP contribution < -0.4 is 0 Å². The summed E-state index contributed by atoms with van der Waals surface area (Å²) in [7, 11) is 0. The normalized spacial score (nSPS) is 11.6. The zero-order valence-corrected chi connectivity index (χ0v) is 23.8. The van der Waals surface area contributed by atoms with Crippen molar-refractivity contribution in [3.63, 3.8) is 0 Å². The van der Waals surface area contributed by atoms with Crippen LogP contribution in [0.2, 0.25) is 0 Å². The largest absolute Gasteiger partial charge is 0.377 e.